The topological polar surface area (TPSA) is 102 Å². The Morgan fingerprint density at radius 2 is 2.25 bits per heavy atom. The van der Waals surface area contributed by atoms with Crippen LogP contribution >= 0.6 is 11.8 Å². The Kier molecular flexibility index (Phi) is 3.42. The summed E-state index contributed by atoms with van der Waals surface area (Å²) in [5.74, 6) is 0.747. The van der Waals surface area contributed by atoms with Gasteiger partial charge in [0.15, 0.2) is 0 Å². The second kappa shape index (κ2) is 5.37. The number of alkyl carbamates (subject to hydrolysis) is 1. The number of tetrazole rings is 1. The van der Waals surface area contributed by atoms with Gasteiger partial charge in [0, 0.05) is 5.75 Å². The minimum Gasteiger partial charge on any atom is -0.508 e. The zero-order chi connectivity index (χ0) is 13.9. The average Bonchev–Trinajstić information content (AvgIpc) is 3.06. The van der Waals surface area contributed by atoms with E-state index in [2.05, 4.69) is 20.8 Å². The van der Waals surface area contributed by atoms with Crippen LogP contribution in [0.3, 0.4) is 0 Å². The molecule has 104 valence electrons. The first-order valence-corrected chi connectivity index (χ1v) is 6.86. The minimum atomic E-state index is -0.395. The number of amides is 1. The van der Waals surface area contributed by atoms with Gasteiger partial charge >= 0.3 is 6.09 Å². The van der Waals surface area contributed by atoms with Gasteiger partial charge in [-0.05, 0) is 34.7 Å². The average molecular weight is 293 g/mol. The zero-order valence-electron chi connectivity index (χ0n) is 10.3. The van der Waals surface area contributed by atoms with Crippen molar-refractivity contribution in [2.24, 2.45) is 0 Å². The molecule has 1 aliphatic heterocycles. The lowest BCUT2D eigenvalue weighted by molar-refractivity contribution is 0.150. The highest BCUT2D eigenvalue weighted by Gasteiger charge is 2.23. The summed E-state index contributed by atoms with van der Waals surface area (Å²) in [5, 5.41) is 23.9. The van der Waals surface area contributed by atoms with Crippen LogP contribution in [0.25, 0.3) is 5.69 Å². The summed E-state index contributed by atoms with van der Waals surface area (Å²) in [6.45, 7) is 0.493. The van der Waals surface area contributed by atoms with E-state index in [1.807, 2.05) is 0 Å². The molecule has 9 heteroatoms. The van der Waals surface area contributed by atoms with Crippen LogP contribution in [-0.4, -0.2) is 49.8 Å². The number of hydrogen-bond acceptors (Lipinski definition) is 7. The quantitative estimate of drug-likeness (QED) is 0.794. The highest BCUT2D eigenvalue weighted by molar-refractivity contribution is 7.99. The summed E-state index contributed by atoms with van der Waals surface area (Å²) in [5.41, 5.74) is 0.747. The molecule has 8 nitrogen and oxygen atoms in total. The molecule has 0 aliphatic carbocycles. The van der Waals surface area contributed by atoms with Crippen LogP contribution in [0.5, 0.6) is 5.75 Å². The number of carbonyl (C=O) groups is 1. The smallest absolute Gasteiger partial charge is 0.407 e. The second-order valence-corrected chi connectivity index (χ2v) is 5.10. The lowest BCUT2D eigenvalue weighted by atomic mass is 10.3. The van der Waals surface area contributed by atoms with E-state index < -0.39 is 6.09 Å². The largest absolute Gasteiger partial charge is 0.508 e. The Morgan fingerprint density at radius 1 is 1.45 bits per heavy atom. The third-order valence-corrected chi connectivity index (χ3v) is 3.73. The van der Waals surface area contributed by atoms with Crippen LogP contribution in [0.1, 0.15) is 0 Å². The summed E-state index contributed by atoms with van der Waals surface area (Å²) in [7, 11) is 0. The number of benzene rings is 1. The van der Waals surface area contributed by atoms with E-state index >= 15 is 0 Å². The predicted octanol–water partition coefficient (Wildman–Crippen LogP) is 0.568. The molecule has 1 aromatic carbocycles. The fourth-order valence-electron chi connectivity index (χ4n) is 1.72. The van der Waals surface area contributed by atoms with E-state index in [1.54, 1.807) is 28.9 Å². The molecule has 2 heterocycles. The molecule has 1 saturated heterocycles. The third kappa shape index (κ3) is 2.67. The van der Waals surface area contributed by atoms with Crippen molar-refractivity contribution in [1.82, 2.24) is 25.5 Å². The Balaban J connectivity index is 1.70. The maximum atomic E-state index is 10.9. The van der Waals surface area contributed by atoms with Gasteiger partial charge in [0.2, 0.25) is 5.16 Å². The van der Waals surface area contributed by atoms with Gasteiger partial charge in [-0.3, -0.25) is 0 Å². The first-order chi connectivity index (χ1) is 9.72. The minimum absolute atomic E-state index is 0.181. The van der Waals surface area contributed by atoms with Crippen LogP contribution in [0, 0.1) is 0 Å². The molecule has 0 bridgehead atoms. The molecule has 2 N–H and O–H groups in total. The summed E-state index contributed by atoms with van der Waals surface area (Å²) in [6.07, 6.45) is -0.578. The molecular formula is C11H11N5O3S. The Morgan fingerprint density at radius 3 is 2.95 bits per heavy atom. The van der Waals surface area contributed by atoms with Gasteiger partial charge in [0.05, 0.1) is 12.2 Å². The number of phenols is 1. The molecule has 0 radical (unpaired) electrons. The van der Waals surface area contributed by atoms with Crippen molar-refractivity contribution in [2.45, 2.75) is 11.3 Å². The van der Waals surface area contributed by atoms with E-state index in [9.17, 15) is 9.90 Å². The molecule has 2 aromatic rings. The fourth-order valence-corrected chi connectivity index (χ4v) is 2.60. The van der Waals surface area contributed by atoms with E-state index in [0.717, 1.165) is 5.69 Å². The second-order valence-electron chi connectivity index (χ2n) is 4.11. The van der Waals surface area contributed by atoms with Crippen molar-refractivity contribution < 1.29 is 14.6 Å². The Labute approximate surface area is 118 Å². The molecule has 0 spiro atoms. The molecule has 1 fully saturated rings. The number of carbonyl (C=O) groups excluding carboxylic acids is 1. The normalized spacial score (nSPS) is 17.8. The van der Waals surface area contributed by atoms with Crippen molar-refractivity contribution >= 4 is 17.9 Å². The van der Waals surface area contributed by atoms with Crippen molar-refractivity contribution in [2.75, 3.05) is 12.3 Å². The van der Waals surface area contributed by atoms with Crippen molar-refractivity contribution in [3.05, 3.63) is 24.3 Å². The lowest BCUT2D eigenvalue weighted by Gasteiger charge is -2.07. The number of aromatic hydroxyl groups is 1. The van der Waals surface area contributed by atoms with E-state index in [4.69, 9.17) is 4.74 Å². The number of hydrogen-bond donors (Lipinski definition) is 2. The molecule has 0 saturated carbocycles. The van der Waals surface area contributed by atoms with E-state index in [1.165, 1.54) is 11.8 Å². The first kappa shape index (κ1) is 12.7. The van der Waals surface area contributed by atoms with Gasteiger partial charge < -0.3 is 15.2 Å². The van der Waals surface area contributed by atoms with Gasteiger partial charge in [0.25, 0.3) is 0 Å². The number of nitrogens with one attached hydrogen (secondary N) is 1. The maximum absolute atomic E-state index is 10.9. The standard InChI is InChI=1S/C11H11N5O3S/c17-8-3-1-7(2-4-8)16-10(13-14-15-16)20-6-9-5-12-11(18)19-9/h1-4,9,17H,5-6H2,(H,12,18). The highest BCUT2D eigenvalue weighted by atomic mass is 32.2. The highest BCUT2D eigenvalue weighted by Crippen LogP contribution is 2.21. The number of thioether (sulfide) groups is 1. The number of phenolic OH excluding ortho intramolecular Hbond substituents is 1. The number of ether oxygens (including phenoxy) is 1. The van der Waals surface area contributed by atoms with Gasteiger partial charge in [0.1, 0.15) is 11.9 Å². The van der Waals surface area contributed by atoms with Crippen LogP contribution in [0.4, 0.5) is 4.79 Å². The fraction of sp³-hybridized carbons (Fsp3) is 0.273. The van der Waals surface area contributed by atoms with Crippen LogP contribution in [0.2, 0.25) is 0 Å². The number of aromatic nitrogens is 4. The van der Waals surface area contributed by atoms with Gasteiger partial charge in [-0.15, -0.1) is 5.10 Å². The molecule has 1 atom stereocenters. The summed E-state index contributed by atoms with van der Waals surface area (Å²) in [4.78, 5) is 10.9. The molecule has 1 unspecified atom stereocenters. The molecule has 1 amide bonds. The van der Waals surface area contributed by atoms with Crippen LogP contribution in [0.15, 0.2) is 29.4 Å². The monoisotopic (exact) mass is 293 g/mol. The maximum Gasteiger partial charge on any atom is 0.407 e. The summed E-state index contributed by atoms with van der Waals surface area (Å²) >= 11 is 1.40. The van der Waals surface area contributed by atoms with E-state index in [0.29, 0.717) is 17.5 Å². The SMILES string of the molecule is O=C1NCC(CSc2nnnn2-c2ccc(O)cc2)O1. The molecule has 20 heavy (non-hydrogen) atoms. The van der Waals surface area contributed by atoms with Crippen LogP contribution < -0.4 is 5.32 Å². The predicted molar refractivity (Wildman–Crippen MR) is 69.8 cm³/mol. The van der Waals surface area contributed by atoms with Gasteiger partial charge in [-0.2, -0.15) is 4.68 Å². The van der Waals surface area contributed by atoms with Crippen LogP contribution in [-0.2, 0) is 4.74 Å². The summed E-state index contributed by atoms with van der Waals surface area (Å²) in [6, 6.07) is 6.56. The van der Waals surface area contributed by atoms with Gasteiger partial charge in [-0.1, -0.05) is 11.8 Å². The van der Waals surface area contributed by atoms with Gasteiger partial charge in [-0.25, -0.2) is 4.79 Å². The first-order valence-electron chi connectivity index (χ1n) is 5.87. The number of cyclic esters (lactones) is 1. The summed E-state index contributed by atoms with van der Waals surface area (Å²) < 4.78 is 6.60. The molecule has 1 aromatic heterocycles. The van der Waals surface area contributed by atoms with Crippen molar-refractivity contribution in [1.29, 1.82) is 0 Å². The van der Waals surface area contributed by atoms with E-state index in [-0.39, 0.29) is 11.9 Å². The molecular weight excluding hydrogens is 282 g/mol. The molecule has 3 rings (SSSR count). The van der Waals surface area contributed by atoms with Crippen molar-refractivity contribution in [3.8, 4) is 11.4 Å². The van der Waals surface area contributed by atoms with Crippen molar-refractivity contribution in [3.63, 3.8) is 0 Å². The lowest BCUT2D eigenvalue weighted by Crippen LogP contribution is -2.17. The number of rotatable bonds is 4. The molecule has 1 aliphatic rings. The third-order valence-electron chi connectivity index (χ3n) is 2.68. The number of nitrogens with zero attached hydrogens (tertiary/aromatic N) is 4. The Hall–Kier alpha value is -2.29. The zero-order valence-corrected chi connectivity index (χ0v) is 11.1. The Bertz CT molecular complexity index is 615.